The van der Waals surface area contributed by atoms with Gasteiger partial charge in [0.15, 0.2) is 0 Å². The van der Waals surface area contributed by atoms with Gasteiger partial charge in [-0.3, -0.25) is 9.59 Å². The Morgan fingerprint density at radius 1 is 0.853 bits per heavy atom. The van der Waals surface area contributed by atoms with Crippen LogP contribution in [0.5, 0.6) is 5.75 Å². The summed E-state index contributed by atoms with van der Waals surface area (Å²) in [4.78, 5) is 31.1. The van der Waals surface area contributed by atoms with Crippen LogP contribution in [0.3, 0.4) is 0 Å². The number of carbonyl (C=O) groups is 2. The molecule has 0 fully saturated rings. The molecule has 1 aliphatic heterocycles. The highest BCUT2D eigenvalue weighted by Gasteiger charge is 2.43. The number of ether oxygens (including phenoxy) is 1. The second-order valence-corrected chi connectivity index (χ2v) is 8.41. The van der Waals surface area contributed by atoms with Gasteiger partial charge in [-0.2, -0.15) is 0 Å². The molecular weight excluding hydrogens is 424 g/mol. The predicted octanol–water partition coefficient (Wildman–Crippen LogP) is 5.90. The van der Waals surface area contributed by atoms with Gasteiger partial charge in [0, 0.05) is 12.2 Å². The van der Waals surface area contributed by atoms with E-state index in [9.17, 15) is 9.59 Å². The molecule has 0 radical (unpaired) electrons. The molecule has 0 spiro atoms. The lowest BCUT2D eigenvalue weighted by Crippen LogP contribution is -2.35. The molecule has 0 atom stereocenters. The van der Waals surface area contributed by atoms with Crippen LogP contribution in [0.15, 0.2) is 78.5 Å². The number of rotatable bonds is 8. The van der Waals surface area contributed by atoms with E-state index in [0.29, 0.717) is 35.7 Å². The van der Waals surface area contributed by atoms with Crippen molar-refractivity contribution in [3.63, 3.8) is 0 Å². The summed E-state index contributed by atoms with van der Waals surface area (Å²) in [7, 11) is 0. The topological polar surface area (TPSA) is 49.9 Å². The van der Waals surface area contributed by atoms with Crippen molar-refractivity contribution < 1.29 is 14.3 Å². The van der Waals surface area contributed by atoms with Crippen molar-refractivity contribution in [1.82, 2.24) is 0 Å². The molecule has 0 N–H and O–H groups in total. The van der Waals surface area contributed by atoms with Crippen LogP contribution in [-0.4, -0.2) is 25.0 Å². The lowest BCUT2D eigenvalue weighted by molar-refractivity contribution is -0.120. The molecule has 0 aliphatic carbocycles. The molecule has 0 bridgehead atoms. The number of imide groups is 1. The predicted molar refractivity (Wildman–Crippen MR) is 137 cm³/mol. The normalized spacial score (nSPS) is 13.6. The van der Waals surface area contributed by atoms with Gasteiger partial charge in [-0.15, -0.1) is 0 Å². The van der Waals surface area contributed by atoms with E-state index in [1.807, 2.05) is 98.5 Å². The maximum Gasteiger partial charge on any atom is 0.282 e. The van der Waals surface area contributed by atoms with Crippen LogP contribution in [0.4, 0.5) is 11.4 Å². The van der Waals surface area contributed by atoms with Gasteiger partial charge < -0.3 is 9.64 Å². The molecule has 1 heterocycles. The van der Waals surface area contributed by atoms with Crippen molar-refractivity contribution in [2.24, 2.45) is 0 Å². The Bertz CT molecular complexity index is 1230. The fourth-order valence-electron chi connectivity index (χ4n) is 4.22. The molecule has 0 saturated carbocycles. The molecule has 5 nitrogen and oxygen atoms in total. The molecule has 1 aliphatic rings. The largest absolute Gasteiger partial charge is 0.494 e. The first-order valence-corrected chi connectivity index (χ1v) is 11.7. The van der Waals surface area contributed by atoms with E-state index in [-0.39, 0.29) is 11.8 Å². The van der Waals surface area contributed by atoms with E-state index in [0.717, 1.165) is 29.0 Å². The summed E-state index contributed by atoms with van der Waals surface area (Å²) in [6.45, 7) is 9.09. The minimum atomic E-state index is -0.315. The maximum atomic E-state index is 13.9. The van der Waals surface area contributed by atoms with Gasteiger partial charge in [-0.1, -0.05) is 49.4 Å². The maximum absolute atomic E-state index is 13.9. The average molecular weight is 455 g/mol. The molecule has 3 aromatic rings. The highest BCUT2D eigenvalue weighted by atomic mass is 16.5. The minimum Gasteiger partial charge on any atom is -0.494 e. The van der Waals surface area contributed by atoms with Gasteiger partial charge in [0.2, 0.25) is 0 Å². The van der Waals surface area contributed by atoms with Crippen molar-refractivity contribution in [2.45, 2.75) is 34.1 Å². The molecule has 0 saturated heterocycles. The van der Waals surface area contributed by atoms with Crippen molar-refractivity contribution >= 4 is 28.8 Å². The van der Waals surface area contributed by atoms with Gasteiger partial charge in [0.1, 0.15) is 11.4 Å². The van der Waals surface area contributed by atoms with Crippen LogP contribution < -0.4 is 14.5 Å². The summed E-state index contributed by atoms with van der Waals surface area (Å²) in [6, 6.07) is 22.9. The zero-order valence-electron chi connectivity index (χ0n) is 20.2. The Labute approximate surface area is 201 Å². The zero-order valence-corrected chi connectivity index (χ0v) is 20.2. The van der Waals surface area contributed by atoms with Gasteiger partial charge >= 0.3 is 0 Å². The Kier molecular flexibility index (Phi) is 6.82. The molecule has 174 valence electrons. The first-order chi connectivity index (χ1) is 16.5. The van der Waals surface area contributed by atoms with E-state index in [1.54, 1.807) is 0 Å². The van der Waals surface area contributed by atoms with Crippen LogP contribution in [0.1, 0.15) is 37.0 Å². The molecule has 2 amide bonds. The summed E-state index contributed by atoms with van der Waals surface area (Å²) < 4.78 is 5.72. The number of anilines is 2. The molecule has 4 rings (SSSR count). The third-order valence-electron chi connectivity index (χ3n) is 5.93. The fraction of sp³-hybridized carbons (Fsp3) is 0.241. The van der Waals surface area contributed by atoms with Crippen LogP contribution in [0.2, 0.25) is 0 Å². The number of amides is 2. The second-order valence-electron chi connectivity index (χ2n) is 8.41. The quantitative estimate of drug-likeness (QED) is 0.398. The summed E-state index contributed by atoms with van der Waals surface area (Å²) >= 11 is 0. The third-order valence-corrected chi connectivity index (χ3v) is 5.93. The summed E-state index contributed by atoms with van der Waals surface area (Å²) in [5, 5.41) is 0. The number of aryl methyl sites for hydroxylation is 2. The number of nitrogens with zero attached hydrogens (tertiary/aromatic N) is 2. The molecule has 5 heteroatoms. The van der Waals surface area contributed by atoms with E-state index < -0.39 is 0 Å². The van der Waals surface area contributed by atoms with Crippen LogP contribution in [0.25, 0.3) is 5.57 Å². The standard InChI is InChI=1S/C29H30N2O3/c1-5-18-34-24-16-14-22(15-17-24)26-27(30(6-2)23-10-8-7-9-11-23)29(33)31(28(26)32)25-19-20(3)12-13-21(25)4/h7-17,19H,5-6,18H2,1-4H3. The van der Waals surface area contributed by atoms with Crippen LogP contribution in [0, 0.1) is 13.8 Å². The number of hydrogen-bond donors (Lipinski definition) is 0. The Hall–Kier alpha value is -3.86. The monoisotopic (exact) mass is 454 g/mol. The number of benzene rings is 3. The minimum absolute atomic E-state index is 0.314. The lowest BCUT2D eigenvalue weighted by Gasteiger charge is -2.25. The van der Waals surface area contributed by atoms with Crippen LogP contribution in [-0.2, 0) is 9.59 Å². The highest BCUT2D eigenvalue weighted by molar-refractivity contribution is 6.46. The summed E-state index contributed by atoms with van der Waals surface area (Å²) in [5.41, 5.74) is 4.83. The molecule has 3 aromatic carbocycles. The van der Waals surface area contributed by atoms with E-state index in [2.05, 4.69) is 6.92 Å². The molecule has 0 aromatic heterocycles. The Morgan fingerprint density at radius 3 is 2.21 bits per heavy atom. The number of hydrogen-bond acceptors (Lipinski definition) is 4. The van der Waals surface area contributed by atoms with E-state index in [1.165, 1.54) is 4.90 Å². The second kappa shape index (κ2) is 9.96. The molecular formula is C29H30N2O3. The van der Waals surface area contributed by atoms with Crippen molar-refractivity contribution in [3.8, 4) is 5.75 Å². The Morgan fingerprint density at radius 2 is 1.56 bits per heavy atom. The summed E-state index contributed by atoms with van der Waals surface area (Å²) in [6.07, 6.45) is 0.914. The van der Waals surface area contributed by atoms with Crippen LogP contribution >= 0.6 is 0 Å². The smallest absolute Gasteiger partial charge is 0.282 e. The van der Waals surface area contributed by atoms with Gasteiger partial charge in [0.05, 0.1) is 17.9 Å². The first kappa shape index (κ1) is 23.3. The summed E-state index contributed by atoms with van der Waals surface area (Å²) in [5.74, 6) is 0.113. The molecule has 34 heavy (non-hydrogen) atoms. The van der Waals surface area contributed by atoms with Crippen molar-refractivity contribution in [2.75, 3.05) is 23.0 Å². The Balaban J connectivity index is 1.86. The fourth-order valence-corrected chi connectivity index (χ4v) is 4.22. The van der Waals surface area contributed by atoms with Gasteiger partial charge in [-0.05, 0) is 74.2 Å². The van der Waals surface area contributed by atoms with Gasteiger partial charge in [-0.25, -0.2) is 4.90 Å². The van der Waals surface area contributed by atoms with E-state index >= 15 is 0 Å². The zero-order chi connectivity index (χ0) is 24.2. The van der Waals surface area contributed by atoms with Crippen molar-refractivity contribution in [1.29, 1.82) is 0 Å². The average Bonchev–Trinajstić information content (AvgIpc) is 3.10. The SMILES string of the molecule is CCCOc1ccc(C2=C(N(CC)c3ccccc3)C(=O)N(c3cc(C)ccc3C)C2=O)cc1. The highest BCUT2D eigenvalue weighted by Crippen LogP contribution is 2.38. The number of carbonyl (C=O) groups excluding carboxylic acids is 2. The van der Waals surface area contributed by atoms with Gasteiger partial charge in [0.25, 0.3) is 11.8 Å². The number of likely N-dealkylation sites (N-methyl/N-ethyl adjacent to an activating group) is 1. The third kappa shape index (κ3) is 4.34. The lowest BCUT2D eigenvalue weighted by atomic mass is 10.0. The van der Waals surface area contributed by atoms with Crippen molar-refractivity contribution in [3.05, 3.63) is 95.2 Å². The number of para-hydroxylation sites is 1. The van der Waals surface area contributed by atoms with E-state index in [4.69, 9.17) is 4.74 Å². The molecule has 0 unspecified atom stereocenters. The first-order valence-electron chi connectivity index (χ1n) is 11.7.